The van der Waals surface area contributed by atoms with Crippen LogP contribution >= 0.6 is 0 Å². The van der Waals surface area contributed by atoms with Gasteiger partial charge in [0, 0.05) is 25.7 Å². The maximum atomic E-state index is 5.48. The van der Waals surface area contributed by atoms with Crippen molar-refractivity contribution < 1.29 is 4.74 Å². The Morgan fingerprint density at radius 3 is 3.00 bits per heavy atom. The van der Waals surface area contributed by atoms with Crippen molar-refractivity contribution >= 4 is 0 Å². The van der Waals surface area contributed by atoms with Crippen molar-refractivity contribution in [3.05, 3.63) is 0 Å². The Bertz CT molecular complexity index is 152. The summed E-state index contributed by atoms with van der Waals surface area (Å²) in [5.41, 5.74) is 0. The summed E-state index contributed by atoms with van der Waals surface area (Å²) < 4.78 is 5.48. The molecule has 3 nitrogen and oxygen atoms in total. The second kappa shape index (κ2) is 6.38. The molecular formula is C11H24N2O. The first-order valence-corrected chi connectivity index (χ1v) is 5.76. The molecule has 0 aromatic heterocycles. The molecule has 1 heterocycles. The number of likely N-dealkylation sites (N-methyl/N-ethyl adjacent to an activating group) is 1. The average molecular weight is 200 g/mol. The summed E-state index contributed by atoms with van der Waals surface area (Å²) in [5, 5.41) is 3.57. The fraction of sp³-hybridized carbons (Fsp3) is 1.00. The van der Waals surface area contributed by atoms with E-state index in [1.54, 1.807) is 0 Å². The van der Waals surface area contributed by atoms with E-state index in [1.165, 1.54) is 25.9 Å². The van der Waals surface area contributed by atoms with Crippen LogP contribution in [-0.2, 0) is 4.74 Å². The van der Waals surface area contributed by atoms with Crippen molar-refractivity contribution in [2.24, 2.45) is 0 Å². The molecule has 0 amide bonds. The van der Waals surface area contributed by atoms with Gasteiger partial charge in [0.1, 0.15) is 0 Å². The molecular weight excluding hydrogens is 176 g/mol. The highest BCUT2D eigenvalue weighted by Crippen LogP contribution is 2.07. The van der Waals surface area contributed by atoms with Gasteiger partial charge in [-0.1, -0.05) is 0 Å². The minimum Gasteiger partial charge on any atom is -0.377 e. The molecule has 84 valence electrons. The van der Waals surface area contributed by atoms with E-state index in [0.717, 1.165) is 13.2 Å². The Balaban J connectivity index is 2.10. The van der Waals surface area contributed by atoms with Crippen LogP contribution in [0.3, 0.4) is 0 Å². The fourth-order valence-corrected chi connectivity index (χ4v) is 2.01. The summed E-state index contributed by atoms with van der Waals surface area (Å²) in [7, 11) is 2.19. The average Bonchev–Trinajstić information content (AvgIpc) is 2.15. The third kappa shape index (κ3) is 4.40. The molecule has 14 heavy (non-hydrogen) atoms. The highest BCUT2D eigenvalue weighted by Gasteiger charge is 2.16. The van der Waals surface area contributed by atoms with Gasteiger partial charge in [-0.15, -0.1) is 0 Å². The smallest absolute Gasteiger partial charge is 0.0671 e. The molecule has 1 saturated heterocycles. The van der Waals surface area contributed by atoms with Crippen LogP contribution in [0.5, 0.6) is 0 Å². The lowest BCUT2D eigenvalue weighted by atomic mass is 10.1. The van der Waals surface area contributed by atoms with Crippen molar-refractivity contribution in [2.45, 2.75) is 38.8 Å². The third-order valence-electron chi connectivity index (χ3n) is 2.77. The Labute approximate surface area is 87.8 Å². The van der Waals surface area contributed by atoms with Crippen molar-refractivity contribution in [1.82, 2.24) is 10.2 Å². The highest BCUT2D eigenvalue weighted by atomic mass is 16.5. The van der Waals surface area contributed by atoms with Crippen LogP contribution in [0.15, 0.2) is 0 Å². The maximum absolute atomic E-state index is 5.48. The van der Waals surface area contributed by atoms with E-state index < -0.39 is 0 Å². The molecule has 1 fully saturated rings. The summed E-state index contributed by atoms with van der Waals surface area (Å²) in [6, 6.07) is 0.664. The largest absolute Gasteiger partial charge is 0.377 e. The predicted molar refractivity (Wildman–Crippen MR) is 59.6 cm³/mol. The molecule has 1 N–H and O–H groups in total. The van der Waals surface area contributed by atoms with Gasteiger partial charge in [-0.05, 0) is 40.3 Å². The van der Waals surface area contributed by atoms with Crippen LogP contribution in [0, 0.1) is 0 Å². The summed E-state index contributed by atoms with van der Waals surface area (Å²) in [4.78, 5) is 2.40. The summed E-state index contributed by atoms with van der Waals surface area (Å²) in [5.74, 6) is 0. The van der Waals surface area contributed by atoms with Crippen molar-refractivity contribution in [3.63, 3.8) is 0 Å². The summed E-state index contributed by atoms with van der Waals surface area (Å²) in [6.45, 7) is 8.39. The number of nitrogens with zero attached hydrogens (tertiary/aromatic N) is 1. The van der Waals surface area contributed by atoms with Crippen molar-refractivity contribution in [2.75, 3.05) is 33.3 Å². The van der Waals surface area contributed by atoms with Crippen LogP contribution in [0.4, 0.5) is 0 Å². The normalized spacial score (nSPS) is 26.4. The molecule has 3 heteroatoms. The van der Waals surface area contributed by atoms with Gasteiger partial charge in [0.2, 0.25) is 0 Å². The van der Waals surface area contributed by atoms with Gasteiger partial charge in [0.05, 0.1) is 6.10 Å². The van der Waals surface area contributed by atoms with Gasteiger partial charge in [-0.25, -0.2) is 0 Å². The number of piperidine rings is 1. The molecule has 1 aliphatic rings. The van der Waals surface area contributed by atoms with E-state index in [-0.39, 0.29) is 0 Å². The van der Waals surface area contributed by atoms with Crippen LogP contribution in [-0.4, -0.2) is 50.3 Å². The van der Waals surface area contributed by atoms with E-state index in [0.29, 0.717) is 12.1 Å². The SMILES string of the molecule is CCOC(C)CNC1CCCN(C)C1. The lowest BCUT2D eigenvalue weighted by molar-refractivity contribution is 0.0709. The standard InChI is InChI=1S/C11H24N2O/c1-4-14-10(2)8-12-11-6-5-7-13(3)9-11/h10-12H,4-9H2,1-3H3. The van der Waals surface area contributed by atoms with E-state index in [9.17, 15) is 0 Å². The first kappa shape index (κ1) is 12.0. The molecule has 0 aromatic carbocycles. The zero-order chi connectivity index (χ0) is 10.4. The number of hydrogen-bond acceptors (Lipinski definition) is 3. The Hall–Kier alpha value is -0.120. The lowest BCUT2D eigenvalue weighted by Gasteiger charge is -2.31. The molecule has 1 rings (SSSR count). The number of nitrogens with one attached hydrogen (secondary N) is 1. The molecule has 0 saturated carbocycles. The maximum Gasteiger partial charge on any atom is 0.0671 e. The van der Waals surface area contributed by atoms with Crippen LogP contribution in [0.25, 0.3) is 0 Å². The predicted octanol–water partition coefficient (Wildman–Crippen LogP) is 1.10. The van der Waals surface area contributed by atoms with Gasteiger partial charge in [0.25, 0.3) is 0 Å². The number of rotatable bonds is 5. The Morgan fingerprint density at radius 1 is 1.57 bits per heavy atom. The number of ether oxygens (including phenoxy) is 1. The van der Waals surface area contributed by atoms with Gasteiger partial charge < -0.3 is 15.0 Å². The number of hydrogen-bond donors (Lipinski definition) is 1. The van der Waals surface area contributed by atoms with Gasteiger partial charge in [-0.2, -0.15) is 0 Å². The molecule has 2 unspecified atom stereocenters. The number of likely N-dealkylation sites (tertiary alicyclic amines) is 1. The Kier molecular flexibility index (Phi) is 5.45. The zero-order valence-corrected chi connectivity index (χ0v) is 9.75. The van der Waals surface area contributed by atoms with Crippen LogP contribution in [0.2, 0.25) is 0 Å². The van der Waals surface area contributed by atoms with E-state index in [2.05, 4.69) is 24.2 Å². The second-order valence-corrected chi connectivity index (χ2v) is 4.28. The van der Waals surface area contributed by atoms with Crippen LogP contribution < -0.4 is 5.32 Å². The Morgan fingerprint density at radius 2 is 2.36 bits per heavy atom. The zero-order valence-electron chi connectivity index (χ0n) is 9.75. The van der Waals surface area contributed by atoms with Crippen molar-refractivity contribution in [3.8, 4) is 0 Å². The molecule has 0 spiro atoms. The topological polar surface area (TPSA) is 24.5 Å². The van der Waals surface area contributed by atoms with Crippen molar-refractivity contribution in [1.29, 1.82) is 0 Å². The summed E-state index contributed by atoms with van der Waals surface area (Å²) >= 11 is 0. The summed E-state index contributed by atoms with van der Waals surface area (Å²) in [6.07, 6.45) is 2.97. The minimum absolute atomic E-state index is 0.340. The van der Waals surface area contributed by atoms with Crippen LogP contribution in [0.1, 0.15) is 26.7 Å². The first-order chi connectivity index (χ1) is 6.72. The molecule has 0 bridgehead atoms. The molecule has 0 aliphatic carbocycles. The molecule has 0 radical (unpaired) electrons. The molecule has 1 aliphatic heterocycles. The molecule has 0 aromatic rings. The third-order valence-corrected chi connectivity index (χ3v) is 2.77. The fourth-order valence-electron chi connectivity index (χ4n) is 2.01. The first-order valence-electron chi connectivity index (χ1n) is 5.76. The van der Waals surface area contributed by atoms with E-state index in [4.69, 9.17) is 4.74 Å². The van der Waals surface area contributed by atoms with E-state index >= 15 is 0 Å². The monoisotopic (exact) mass is 200 g/mol. The van der Waals surface area contributed by atoms with E-state index in [1.807, 2.05) is 6.92 Å². The van der Waals surface area contributed by atoms with Gasteiger partial charge in [0.15, 0.2) is 0 Å². The van der Waals surface area contributed by atoms with Gasteiger partial charge in [-0.3, -0.25) is 0 Å². The minimum atomic E-state index is 0.340. The lowest BCUT2D eigenvalue weighted by Crippen LogP contribution is -2.46. The second-order valence-electron chi connectivity index (χ2n) is 4.28. The van der Waals surface area contributed by atoms with Gasteiger partial charge >= 0.3 is 0 Å². The quantitative estimate of drug-likeness (QED) is 0.719. The molecule has 2 atom stereocenters. The highest BCUT2D eigenvalue weighted by molar-refractivity contribution is 4.76.